The molecule has 0 radical (unpaired) electrons. The molecule has 1 amide bonds. The number of carbonyl (C=O) groups excluding carboxylic acids is 1. The van der Waals surface area contributed by atoms with Gasteiger partial charge >= 0.3 is 0 Å². The molecule has 5 heterocycles. The summed E-state index contributed by atoms with van der Waals surface area (Å²) in [4.78, 5) is 13.3. The first kappa shape index (κ1) is 20.3. The van der Waals surface area contributed by atoms with E-state index in [2.05, 4.69) is 19.6 Å². The lowest BCUT2D eigenvalue weighted by molar-refractivity contribution is -0.211. The van der Waals surface area contributed by atoms with Crippen molar-refractivity contribution in [1.29, 1.82) is 0 Å². The minimum Gasteiger partial charge on any atom is -0.411 e. The number of aromatic nitrogens is 2. The van der Waals surface area contributed by atoms with Crippen LogP contribution in [0.1, 0.15) is 41.7 Å². The van der Waals surface area contributed by atoms with Crippen molar-refractivity contribution in [3.8, 4) is 0 Å². The highest BCUT2D eigenvalue weighted by atomic mass is 16.6. The second kappa shape index (κ2) is 6.44. The van der Waals surface area contributed by atoms with E-state index in [1.807, 2.05) is 55.5 Å². The van der Waals surface area contributed by atoms with Crippen molar-refractivity contribution in [2.75, 3.05) is 7.11 Å². The fourth-order valence-corrected chi connectivity index (χ4v) is 7.02. The van der Waals surface area contributed by atoms with Gasteiger partial charge in [0.1, 0.15) is 12.3 Å². The first-order chi connectivity index (χ1) is 17.5. The lowest BCUT2D eigenvalue weighted by Gasteiger charge is -2.44. The molecule has 3 aromatic carbocycles. The molecule has 0 aliphatic carbocycles. The maximum Gasteiger partial charge on any atom is 0.254 e. The zero-order chi connectivity index (χ0) is 24.5. The second-order valence-corrected chi connectivity index (χ2v) is 9.89. The Morgan fingerprint density at radius 1 is 1.08 bits per heavy atom. The SMILES string of the molecule is COC1C(=NO)CC2OC1(C)n1c3ccccc3c3c4c(c5c6ccccc6n2c5c31)C(=O)NC4O. The summed E-state index contributed by atoms with van der Waals surface area (Å²) < 4.78 is 17.0. The van der Waals surface area contributed by atoms with Crippen LogP contribution in [-0.4, -0.2) is 44.3 Å². The molecule has 9 nitrogen and oxygen atoms in total. The minimum absolute atomic E-state index is 0.300. The number of fused-ring (bicyclic) bond motifs is 13. The predicted octanol–water partition coefficient (Wildman–Crippen LogP) is 4.09. The quantitative estimate of drug-likeness (QED) is 0.246. The Labute approximate surface area is 204 Å². The standard InChI is InChI=1S/C27H22N4O5/c1-27-24(35-2)14(29-34)11-17(36-27)30-15-9-5-3-7-12(15)18-20-21(26(33)28-25(20)32)19-13-8-4-6-10-16(13)31(27)23(19)22(18)30/h3-10,17,24,26,33-34H,11H2,1-2H3,(H,28,32). The fraction of sp³-hybridized carbons (Fsp3) is 0.259. The first-order valence-electron chi connectivity index (χ1n) is 11.9. The van der Waals surface area contributed by atoms with Gasteiger partial charge in [0.2, 0.25) is 0 Å². The molecule has 4 atom stereocenters. The number of oxime groups is 1. The Morgan fingerprint density at radius 3 is 2.50 bits per heavy atom. The molecule has 1 fully saturated rings. The highest BCUT2D eigenvalue weighted by Gasteiger charge is 2.52. The summed E-state index contributed by atoms with van der Waals surface area (Å²) in [5.74, 6) is -0.300. The van der Waals surface area contributed by atoms with Gasteiger partial charge in [-0.2, -0.15) is 0 Å². The molecule has 5 aromatic rings. The average Bonchev–Trinajstić information content (AvgIpc) is 3.48. The Bertz CT molecular complexity index is 1850. The maximum absolute atomic E-state index is 13.3. The smallest absolute Gasteiger partial charge is 0.254 e. The van der Waals surface area contributed by atoms with Crippen molar-refractivity contribution in [2.45, 2.75) is 37.6 Å². The Morgan fingerprint density at radius 2 is 1.78 bits per heavy atom. The molecular weight excluding hydrogens is 460 g/mol. The molecule has 3 aliphatic heterocycles. The number of ether oxygens (including phenoxy) is 2. The van der Waals surface area contributed by atoms with E-state index in [1.165, 1.54) is 0 Å². The topological polar surface area (TPSA) is 110 Å². The Balaban J connectivity index is 1.75. The van der Waals surface area contributed by atoms with Gasteiger partial charge in [-0.25, -0.2) is 0 Å². The number of benzene rings is 3. The molecular formula is C27H22N4O5. The summed E-state index contributed by atoms with van der Waals surface area (Å²) in [5.41, 5.74) is 3.94. The summed E-state index contributed by atoms with van der Waals surface area (Å²) >= 11 is 0. The third kappa shape index (κ3) is 2.06. The van der Waals surface area contributed by atoms with Crippen LogP contribution >= 0.6 is 0 Å². The summed E-state index contributed by atoms with van der Waals surface area (Å²) in [6.07, 6.45) is -2.00. The summed E-state index contributed by atoms with van der Waals surface area (Å²) in [6.45, 7) is 1.94. The number of amides is 1. The summed E-state index contributed by atoms with van der Waals surface area (Å²) in [6, 6.07) is 15.8. The molecule has 2 bridgehead atoms. The number of nitrogens with zero attached hydrogens (tertiary/aromatic N) is 3. The number of para-hydroxylation sites is 2. The third-order valence-electron chi connectivity index (χ3n) is 8.21. The Kier molecular flexibility index (Phi) is 3.63. The van der Waals surface area contributed by atoms with E-state index in [4.69, 9.17) is 9.47 Å². The van der Waals surface area contributed by atoms with E-state index in [0.29, 0.717) is 23.3 Å². The molecule has 2 aromatic heterocycles. The van der Waals surface area contributed by atoms with E-state index in [1.54, 1.807) is 7.11 Å². The van der Waals surface area contributed by atoms with Gasteiger partial charge in [-0.1, -0.05) is 41.6 Å². The summed E-state index contributed by atoms with van der Waals surface area (Å²) in [5, 5.41) is 30.9. The number of hydrogen-bond acceptors (Lipinski definition) is 6. The predicted molar refractivity (Wildman–Crippen MR) is 133 cm³/mol. The van der Waals surface area contributed by atoms with Gasteiger partial charge in [-0.05, 0) is 19.1 Å². The van der Waals surface area contributed by atoms with Gasteiger partial charge in [0.05, 0.1) is 33.3 Å². The van der Waals surface area contributed by atoms with E-state index in [0.717, 1.165) is 43.6 Å². The van der Waals surface area contributed by atoms with Crippen LogP contribution in [-0.2, 0) is 15.2 Å². The van der Waals surface area contributed by atoms with Gasteiger partial charge in [0, 0.05) is 40.6 Å². The van der Waals surface area contributed by atoms with Crippen molar-refractivity contribution in [2.24, 2.45) is 5.16 Å². The zero-order valence-corrected chi connectivity index (χ0v) is 19.5. The van der Waals surface area contributed by atoms with Crippen LogP contribution in [0.3, 0.4) is 0 Å². The molecule has 1 saturated heterocycles. The molecule has 0 saturated carbocycles. The number of aliphatic hydroxyl groups excluding tert-OH is 1. The van der Waals surface area contributed by atoms with Crippen LogP contribution in [0, 0.1) is 0 Å². The number of hydrogen-bond donors (Lipinski definition) is 3. The molecule has 9 heteroatoms. The van der Waals surface area contributed by atoms with Crippen molar-refractivity contribution in [3.63, 3.8) is 0 Å². The van der Waals surface area contributed by atoms with Crippen LogP contribution in [0.15, 0.2) is 53.7 Å². The van der Waals surface area contributed by atoms with Crippen LogP contribution in [0.2, 0.25) is 0 Å². The van der Waals surface area contributed by atoms with Crippen LogP contribution < -0.4 is 5.32 Å². The molecule has 36 heavy (non-hydrogen) atoms. The van der Waals surface area contributed by atoms with Crippen LogP contribution in [0.4, 0.5) is 0 Å². The number of rotatable bonds is 1. The van der Waals surface area contributed by atoms with Crippen LogP contribution in [0.25, 0.3) is 43.6 Å². The first-order valence-corrected chi connectivity index (χ1v) is 11.9. The molecule has 3 N–H and O–H groups in total. The maximum atomic E-state index is 13.3. The van der Waals surface area contributed by atoms with Crippen molar-refractivity contribution < 1.29 is 24.6 Å². The number of aliphatic hydroxyl groups is 1. The van der Waals surface area contributed by atoms with Crippen molar-refractivity contribution in [3.05, 3.63) is 59.7 Å². The number of carbonyl (C=O) groups is 1. The number of nitrogens with one attached hydrogen (secondary N) is 1. The van der Waals surface area contributed by atoms with Crippen molar-refractivity contribution >= 4 is 55.2 Å². The number of methoxy groups -OCH3 is 1. The van der Waals surface area contributed by atoms with Crippen LogP contribution in [0.5, 0.6) is 0 Å². The van der Waals surface area contributed by atoms with Gasteiger partial charge < -0.3 is 34.2 Å². The highest BCUT2D eigenvalue weighted by molar-refractivity contribution is 6.31. The molecule has 8 rings (SSSR count). The molecule has 3 aliphatic rings. The molecule has 180 valence electrons. The van der Waals surface area contributed by atoms with Gasteiger partial charge in [0.15, 0.2) is 12.0 Å². The summed E-state index contributed by atoms with van der Waals surface area (Å²) in [7, 11) is 1.58. The van der Waals surface area contributed by atoms with E-state index < -0.39 is 24.3 Å². The Hall–Kier alpha value is -3.92. The lowest BCUT2D eigenvalue weighted by Crippen LogP contribution is -2.54. The van der Waals surface area contributed by atoms with Gasteiger partial charge in [-0.3, -0.25) is 4.79 Å². The zero-order valence-electron chi connectivity index (χ0n) is 19.5. The van der Waals surface area contributed by atoms with Crippen molar-refractivity contribution in [1.82, 2.24) is 14.5 Å². The lowest BCUT2D eigenvalue weighted by atomic mass is 9.95. The van der Waals surface area contributed by atoms with Gasteiger partial charge in [-0.15, -0.1) is 0 Å². The van der Waals surface area contributed by atoms with Gasteiger partial charge in [0.25, 0.3) is 5.91 Å². The van der Waals surface area contributed by atoms with E-state index >= 15 is 0 Å². The van der Waals surface area contributed by atoms with E-state index in [-0.39, 0.29) is 5.91 Å². The normalized spacial score (nSPS) is 28.0. The largest absolute Gasteiger partial charge is 0.411 e. The average molecular weight is 482 g/mol. The highest BCUT2D eigenvalue weighted by Crippen LogP contribution is 2.54. The third-order valence-corrected chi connectivity index (χ3v) is 8.21. The second-order valence-electron chi connectivity index (χ2n) is 9.89. The van der Waals surface area contributed by atoms with E-state index in [9.17, 15) is 15.1 Å². The monoisotopic (exact) mass is 482 g/mol. The molecule has 0 spiro atoms. The minimum atomic E-state index is -1.14. The fourth-order valence-electron chi connectivity index (χ4n) is 7.02. The molecule has 4 unspecified atom stereocenters.